The third kappa shape index (κ3) is 6.90. The summed E-state index contributed by atoms with van der Waals surface area (Å²) in [7, 11) is -1.38. The highest BCUT2D eigenvalue weighted by atomic mass is 28.3. The summed E-state index contributed by atoms with van der Waals surface area (Å²) in [5.74, 6) is 4.13. The molecule has 0 saturated heterocycles. The molecule has 0 fully saturated rings. The fourth-order valence-electron chi connectivity index (χ4n) is 2.86. The van der Waals surface area contributed by atoms with Crippen molar-refractivity contribution in [3.8, 4) is 11.5 Å². The summed E-state index contributed by atoms with van der Waals surface area (Å²) in [6.45, 7) is 13.4. The van der Waals surface area contributed by atoms with Crippen LogP contribution in [0.4, 0.5) is 0 Å². The van der Waals surface area contributed by atoms with E-state index in [4.69, 9.17) is 0 Å². The maximum absolute atomic E-state index is 3.64. The lowest BCUT2D eigenvalue weighted by Gasteiger charge is -2.31. The molecule has 0 amide bonds. The Morgan fingerprint density at radius 3 is 1.60 bits per heavy atom. The van der Waals surface area contributed by atoms with Gasteiger partial charge in [0.25, 0.3) is 0 Å². The molecule has 0 aromatic heterocycles. The molecular formula is C23H31NSi. The summed E-state index contributed by atoms with van der Waals surface area (Å²) in [5, 5.41) is 0. The van der Waals surface area contributed by atoms with E-state index in [1.165, 1.54) is 11.1 Å². The van der Waals surface area contributed by atoms with Crippen LogP contribution in [0.15, 0.2) is 60.7 Å². The predicted octanol–water partition coefficient (Wildman–Crippen LogP) is 5.59. The van der Waals surface area contributed by atoms with Crippen molar-refractivity contribution < 1.29 is 0 Å². The van der Waals surface area contributed by atoms with Gasteiger partial charge in [-0.15, -0.1) is 5.54 Å². The first kappa shape index (κ1) is 19.5. The Morgan fingerprint density at radius 1 is 0.800 bits per heavy atom. The number of hydrogen-bond acceptors (Lipinski definition) is 1. The molecule has 0 radical (unpaired) electrons. The molecule has 2 rings (SSSR count). The van der Waals surface area contributed by atoms with Crippen molar-refractivity contribution in [3.63, 3.8) is 0 Å². The van der Waals surface area contributed by atoms with Crippen LogP contribution in [0.25, 0.3) is 0 Å². The summed E-state index contributed by atoms with van der Waals surface area (Å²) < 4.78 is 0. The van der Waals surface area contributed by atoms with Gasteiger partial charge in [-0.1, -0.05) is 100 Å². The van der Waals surface area contributed by atoms with E-state index < -0.39 is 8.07 Å². The second-order valence-electron chi connectivity index (χ2n) is 8.08. The zero-order valence-electron chi connectivity index (χ0n) is 16.3. The van der Waals surface area contributed by atoms with Crippen molar-refractivity contribution in [3.05, 3.63) is 71.8 Å². The third-order valence-electron chi connectivity index (χ3n) is 4.08. The molecule has 0 aliphatic carbocycles. The van der Waals surface area contributed by atoms with Gasteiger partial charge in [-0.05, 0) is 17.0 Å². The maximum Gasteiger partial charge on any atom is 0.129 e. The summed E-state index contributed by atoms with van der Waals surface area (Å²) in [5.41, 5.74) is 6.29. The van der Waals surface area contributed by atoms with E-state index >= 15 is 0 Å². The van der Waals surface area contributed by atoms with Gasteiger partial charge in [0.05, 0.1) is 6.04 Å². The first-order valence-electron chi connectivity index (χ1n) is 9.20. The van der Waals surface area contributed by atoms with E-state index in [0.717, 1.165) is 13.1 Å². The standard InChI is InChI=1S/C23H31NSi/c1-20(2)23(16-17-25(3,4)5)24(18-21-12-8-6-9-13-21)19-22-14-10-7-11-15-22/h6-15,20,23H,18-19H2,1-5H3. The number of benzene rings is 2. The van der Waals surface area contributed by atoms with Crippen molar-refractivity contribution in [1.82, 2.24) is 4.90 Å². The Balaban J connectivity index is 2.31. The average molecular weight is 350 g/mol. The minimum Gasteiger partial charge on any atom is -0.281 e. The minimum atomic E-state index is -1.38. The first-order valence-corrected chi connectivity index (χ1v) is 12.7. The highest BCUT2D eigenvalue weighted by molar-refractivity contribution is 6.83. The SMILES string of the molecule is CC(C)C(C#C[Si](C)(C)C)N(Cc1ccccc1)Cc1ccccc1. The molecule has 0 aliphatic rings. The topological polar surface area (TPSA) is 3.24 Å². The molecule has 0 aliphatic heterocycles. The summed E-state index contributed by atoms with van der Waals surface area (Å²) in [4.78, 5) is 2.53. The van der Waals surface area contributed by atoms with Gasteiger partial charge in [-0.3, -0.25) is 4.90 Å². The van der Waals surface area contributed by atoms with Crippen LogP contribution in [-0.4, -0.2) is 19.0 Å². The molecule has 0 heterocycles. The van der Waals surface area contributed by atoms with E-state index in [2.05, 4.69) is 111 Å². The molecule has 0 bridgehead atoms. The molecule has 25 heavy (non-hydrogen) atoms. The third-order valence-corrected chi connectivity index (χ3v) is 4.97. The van der Waals surface area contributed by atoms with E-state index in [1.54, 1.807) is 0 Å². The van der Waals surface area contributed by atoms with Crippen LogP contribution in [0.5, 0.6) is 0 Å². The van der Waals surface area contributed by atoms with Crippen LogP contribution in [0.1, 0.15) is 25.0 Å². The van der Waals surface area contributed by atoms with Crippen LogP contribution in [0, 0.1) is 17.4 Å². The Bertz CT molecular complexity index is 648. The fourth-order valence-corrected chi connectivity index (χ4v) is 3.44. The molecule has 132 valence electrons. The van der Waals surface area contributed by atoms with Crippen molar-refractivity contribution >= 4 is 8.07 Å². The van der Waals surface area contributed by atoms with Crippen molar-refractivity contribution in [2.75, 3.05) is 0 Å². The molecular weight excluding hydrogens is 318 g/mol. The highest BCUT2D eigenvalue weighted by Crippen LogP contribution is 2.18. The van der Waals surface area contributed by atoms with Crippen LogP contribution in [0.3, 0.4) is 0 Å². The molecule has 0 spiro atoms. The Morgan fingerprint density at radius 2 is 1.24 bits per heavy atom. The molecule has 2 aromatic rings. The lowest BCUT2D eigenvalue weighted by Crippen LogP contribution is -2.37. The maximum atomic E-state index is 3.64. The molecule has 0 saturated carbocycles. The fraction of sp³-hybridized carbons (Fsp3) is 0.391. The monoisotopic (exact) mass is 349 g/mol. The van der Waals surface area contributed by atoms with Crippen molar-refractivity contribution in [1.29, 1.82) is 0 Å². The molecule has 1 nitrogen and oxygen atoms in total. The number of hydrogen-bond donors (Lipinski definition) is 0. The van der Waals surface area contributed by atoms with Gasteiger partial charge in [-0.25, -0.2) is 0 Å². The summed E-state index contributed by atoms with van der Waals surface area (Å²) >= 11 is 0. The second-order valence-corrected chi connectivity index (χ2v) is 12.8. The summed E-state index contributed by atoms with van der Waals surface area (Å²) in [6, 6.07) is 21.7. The molecule has 2 aromatic carbocycles. The van der Waals surface area contributed by atoms with Gasteiger partial charge in [0.2, 0.25) is 0 Å². The van der Waals surface area contributed by atoms with Crippen LogP contribution in [0.2, 0.25) is 19.6 Å². The Hall–Kier alpha value is -1.82. The quantitative estimate of drug-likeness (QED) is 0.485. The average Bonchev–Trinajstić information content (AvgIpc) is 2.55. The van der Waals surface area contributed by atoms with Gasteiger partial charge < -0.3 is 0 Å². The van der Waals surface area contributed by atoms with Gasteiger partial charge in [0, 0.05) is 13.1 Å². The lowest BCUT2D eigenvalue weighted by molar-refractivity contribution is 0.179. The van der Waals surface area contributed by atoms with Gasteiger partial charge in [0.1, 0.15) is 8.07 Å². The largest absolute Gasteiger partial charge is 0.281 e. The van der Waals surface area contributed by atoms with Crippen molar-refractivity contribution in [2.24, 2.45) is 5.92 Å². The Kier molecular flexibility index (Phi) is 7.05. The van der Waals surface area contributed by atoms with Crippen LogP contribution >= 0.6 is 0 Å². The zero-order chi connectivity index (χ0) is 18.3. The molecule has 2 heteroatoms. The van der Waals surface area contributed by atoms with E-state index in [0.29, 0.717) is 5.92 Å². The first-order chi connectivity index (χ1) is 11.8. The summed E-state index contributed by atoms with van der Waals surface area (Å²) in [6.07, 6.45) is 0. The van der Waals surface area contributed by atoms with Crippen LogP contribution in [-0.2, 0) is 13.1 Å². The molecule has 1 unspecified atom stereocenters. The lowest BCUT2D eigenvalue weighted by atomic mass is 10.0. The van der Waals surface area contributed by atoms with Gasteiger partial charge in [0.15, 0.2) is 0 Å². The second kappa shape index (κ2) is 9.04. The molecule has 1 atom stereocenters. The molecule has 0 N–H and O–H groups in total. The van der Waals surface area contributed by atoms with Crippen LogP contribution < -0.4 is 0 Å². The van der Waals surface area contributed by atoms with Crippen molar-refractivity contribution in [2.45, 2.75) is 52.6 Å². The zero-order valence-corrected chi connectivity index (χ0v) is 17.3. The normalized spacial score (nSPS) is 12.8. The predicted molar refractivity (Wildman–Crippen MR) is 112 cm³/mol. The smallest absolute Gasteiger partial charge is 0.129 e. The number of nitrogens with zero attached hydrogens (tertiary/aromatic N) is 1. The van der Waals surface area contributed by atoms with E-state index in [-0.39, 0.29) is 6.04 Å². The Labute approximate surface area is 155 Å². The van der Waals surface area contributed by atoms with E-state index in [9.17, 15) is 0 Å². The van der Waals surface area contributed by atoms with Gasteiger partial charge in [-0.2, -0.15) is 0 Å². The highest BCUT2D eigenvalue weighted by Gasteiger charge is 2.21. The number of rotatable bonds is 6. The minimum absolute atomic E-state index is 0.270. The van der Waals surface area contributed by atoms with E-state index in [1.807, 2.05) is 0 Å². The van der Waals surface area contributed by atoms with Gasteiger partial charge >= 0.3 is 0 Å².